The predicted molar refractivity (Wildman–Crippen MR) is 68.2 cm³/mol. The number of benzene rings is 2. The molecule has 0 aliphatic carbocycles. The molecule has 0 aliphatic rings. The van der Waals surface area contributed by atoms with E-state index in [0.29, 0.717) is 6.61 Å². The van der Waals surface area contributed by atoms with E-state index < -0.39 is 0 Å². The first-order valence-corrected chi connectivity index (χ1v) is 5.39. The van der Waals surface area contributed by atoms with Gasteiger partial charge in [-0.15, -0.1) is 0 Å². The summed E-state index contributed by atoms with van der Waals surface area (Å²) in [4.78, 5) is 0. The molecule has 0 radical (unpaired) electrons. The fourth-order valence-electron chi connectivity index (χ4n) is 1.45. The zero-order valence-corrected chi connectivity index (χ0v) is 9.72. The minimum absolute atomic E-state index is 0.534. The van der Waals surface area contributed by atoms with Crippen molar-refractivity contribution < 1.29 is 9.47 Å². The molecule has 17 heavy (non-hydrogen) atoms. The quantitative estimate of drug-likeness (QED) is 0.820. The van der Waals surface area contributed by atoms with Crippen molar-refractivity contribution in [1.29, 1.82) is 0 Å². The first-order chi connectivity index (χ1) is 8.28. The van der Waals surface area contributed by atoms with Gasteiger partial charge in [-0.1, -0.05) is 12.1 Å². The number of nitrogens with two attached hydrogens (primary N) is 1. The van der Waals surface area contributed by atoms with Crippen LogP contribution in [0.5, 0.6) is 11.5 Å². The van der Waals surface area contributed by atoms with Gasteiger partial charge in [-0.3, -0.25) is 0 Å². The van der Waals surface area contributed by atoms with Crippen molar-refractivity contribution in [2.75, 3.05) is 12.8 Å². The van der Waals surface area contributed by atoms with E-state index in [1.807, 2.05) is 48.5 Å². The molecule has 88 valence electrons. The smallest absolute Gasteiger partial charge is 0.120 e. The van der Waals surface area contributed by atoms with Gasteiger partial charge in [-0.25, -0.2) is 0 Å². The Morgan fingerprint density at radius 1 is 0.882 bits per heavy atom. The van der Waals surface area contributed by atoms with E-state index >= 15 is 0 Å². The fraction of sp³-hybridized carbons (Fsp3) is 0.143. The van der Waals surface area contributed by atoms with Gasteiger partial charge in [-0.05, 0) is 42.0 Å². The van der Waals surface area contributed by atoms with Crippen molar-refractivity contribution >= 4 is 5.69 Å². The molecule has 0 atom stereocenters. The normalized spacial score (nSPS) is 9.94. The Morgan fingerprint density at radius 2 is 1.47 bits per heavy atom. The van der Waals surface area contributed by atoms with Gasteiger partial charge in [0.1, 0.15) is 18.1 Å². The van der Waals surface area contributed by atoms with Crippen molar-refractivity contribution in [2.45, 2.75) is 6.61 Å². The van der Waals surface area contributed by atoms with Gasteiger partial charge in [0.05, 0.1) is 7.11 Å². The largest absolute Gasteiger partial charge is 0.497 e. The highest BCUT2D eigenvalue weighted by molar-refractivity contribution is 5.39. The van der Waals surface area contributed by atoms with E-state index in [2.05, 4.69) is 0 Å². The molecule has 3 nitrogen and oxygen atoms in total. The van der Waals surface area contributed by atoms with Crippen molar-refractivity contribution in [1.82, 2.24) is 0 Å². The summed E-state index contributed by atoms with van der Waals surface area (Å²) in [6.07, 6.45) is 0. The van der Waals surface area contributed by atoms with E-state index in [9.17, 15) is 0 Å². The highest BCUT2D eigenvalue weighted by atomic mass is 16.5. The monoisotopic (exact) mass is 229 g/mol. The van der Waals surface area contributed by atoms with Crippen LogP contribution in [0.15, 0.2) is 48.5 Å². The molecule has 0 heterocycles. The van der Waals surface area contributed by atoms with Gasteiger partial charge in [0.15, 0.2) is 0 Å². The predicted octanol–water partition coefficient (Wildman–Crippen LogP) is 2.86. The Morgan fingerprint density at radius 3 is 2.06 bits per heavy atom. The molecule has 3 heteroatoms. The van der Waals surface area contributed by atoms with Crippen molar-refractivity contribution in [3.8, 4) is 11.5 Å². The maximum atomic E-state index is 5.64. The first-order valence-electron chi connectivity index (χ1n) is 5.39. The summed E-state index contributed by atoms with van der Waals surface area (Å²) >= 11 is 0. The SMILES string of the molecule is COc1ccc(OCc2ccc(N)cc2)cc1. The summed E-state index contributed by atoms with van der Waals surface area (Å²) in [5.74, 6) is 1.65. The molecule has 0 saturated heterocycles. The third kappa shape index (κ3) is 3.14. The third-order valence-corrected chi connectivity index (χ3v) is 2.44. The van der Waals surface area contributed by atoms with Crippen LogP contribution in [0.4, 0.5) is 5.69 Å². The molecule has 0 amide bonds. The molecular formula is C14H15NO2. The van der Waals surface area contributed by atoms with Gasteiger partial charge in [0.25, 0.3) is 0 Å². The van der Waals surface area contributed by atoms with Gasteiger partial charge in [0.2, 0.25) is 0 Å². The Labute approximate surface area is 101 Å². The van der Waals surface area contributed by atoms with Gasteiger partial charge < -0.3 is 15.2 Å². The second-order valence-electron chi connectivity index (χ2n) is 3.71. The van der Waals surface area contributed by atoms with Crippen molar-refractivity contribution in [2.24, 2.45) is 0 Å². The Hall–Kier alpha value is -2.16. The average molecular weight is 229 g/mol. The number of ether oxygens (including phenoxy) is 2. The van der Waals surface area contributed by atoms with Crippen LogP contribution in [0.2, 0.25) is 0 Å². The zero-order chi connectivity index (χ0) is 12.1. The first kappa shape index (κ1) is 11.3. The lowest BCUT2D eigenvalue weighted by Gasteiger charge is -2.07. The lowest BCUT2D eigenvalue weighted by Crippen LogP contribution is -1.95. The Bertz CT molecular complexity index is 463. The molecule has 2 rings (SSSR count). The summed E-state index contributed by atoms with van der Waals surface area (Å²) in [6, 6.07) is 15.2. The molecule has 0 aliphatic heterocycles. The third-order valence-electron chi connectivity index (χ3n) is 2.44. The standard InChI is InChI=1S/C14H15NO2/c1-16-13-6-8-14(9-7-13)17-10-11-2-4-12(15)5-3-11/h2-9H,10,15H2,1H3. The van der Waals surface area contributed by atoms with Crippen LogP contribution in [-0.4, -0.2) is 7.11 Å². The van der Waals surface area contributed by atoms with Gasteiger partial charge in [0, 0.05) is 5.69 Å². The number of anilines is 1. The lowest BCUT2D eigenvalue weighted by atomic mass is 10.2. The van der Waals surface area contributed by atoms with E-state index in [0.717, 1.165) is 22.7 Å². The summed E-state index contributed by atoms with van der Waals surface area (Å²) in [5.41, 5.74) is 7.47. The van der Waals surface area contributed by atoms with Crippen LogP contribution < -0.4 is 15.2 Å². The maximum absolute atomic E-state index is 5.64. The highest BCUT2D eigenvalue weighted by Crippen LogP contribution is 2.18. The summed E-state index contributed by atoms with van der Waals surface area (Å²) in [7, 11) is 1.64. The van der Waals surface area contributed by atoms with Crippen LogP contribution in [0.3, 0.4) is 0 Å². The number of rotatable bonds is 4. The molecule has 0 bridgehead atoms. The maximum Gasteiger partial charge on any atom is 0.120 e. The van der Waals surface area contributed by atoms with E-state index in [4.69, 9.17) is 15.2 Å². The average Bonchev–Trinajstić information content (AvgIpc) is 2.39. The summed E-state index contributed by atoms with van der Waals surface area (Å²) in [6.45, 7) is 0.534. The van der Waals surface area contributed by atoms with Crippen molar-refractivity contribution in [3.05, 3.63) is 54.1 Å². The van der Waals surface area contributed by atoms with Crippen LogP contribution in [0.25, 0.3) is 0 Å². The lowest BCUT2D eigenvalue weighted by molar-refractivity contribution is 0.305. The minimum atomic E-state index is 0.534. The van der Waals surface area contributed by atoms with Crippen molar-refractivity contribution in [3.63, 3.8) is 0 Å². The van der Waals surface area contributed by atoms with Gasteiger partial charge in [-0.2, -0.15) is 0 Å². The summed E-state index contributed by atoms with van der Waals surface area (Å²) < 4.78 is 10.7. The topological polar surface area (TPSA) is 44.5 Å². The van der Waals surface area contributed by atoms with E-state index in [-0.39, 0.29) is 0 Å². The Kier molecular flexibility index (Phi) is 3.50. The van der Waals surface area contributed by atoms with Crippen LogP contribution in [0, 0.1) is 0 Å². The minimum Gasteiger partial charge on any atom is -0.497 e. The van der Waals surface area contributed by atoms with Crippen LogP contribution in [0.1, 0.15) is 5.56 Å². The molecule has 0 aromatic heterocycles. The fourth-order valence-corrected chi connectivity index (χ4v) is 1.45. The number of nitrogen functional groups attached to an aromatic ring is 1. The molecule has 0 saturated carbocycles. The molecular weight excluding hydrogens is 214 g/mol. The molecule has 0 spiro atoms. The van der Waals surface area contributed by atoms with Gasteiger partial charge >= 0.3 is 0 Å². The van der Waals surface area contributed by atoms with E-state index in [1.165, 1.54) is 0 Å². The molecule has 0 unspecified atom stereocenters. The van der Waals surface area contributed by atoms with Crippen LogP contribution in [-0.2, 0) is 6.61 Å². The zero-order valence-electron chi connectivity index (χ0n) is 9.72. The molecule has 0 fully saturated rings. The second-order valence-corrected chi connectivity index (χ2v) is 3.71. The molecule has 2 aromatic rings. The number of methoxy groups -OCH3 is 1. The number of hydrogen-bond donors (Lipinski definition) is 1. The molecule has 2 N–H and O–H groups in total. The summed E-state index contributed by atoms with van der Waals surface area (Å²) in [5, 5.41) is 0. The number of hydrogen-bond acceptors (Lipinski definition) is 3. The second kappa shape index (κ2) is 5.25. The Balaban J connectivity index is 1.95. The highest BCUT2D eigenvalue weighted by Gasteiger charge is 1.97. The molecule has 2 aromatic carbocycles. The van der Waals surface area contributed by atoms with Crippen LogP contribution >= 0.6 is 0 Å². The van der Waals surface area contributed by atoms with E-state index in [1.54, 1.807) is 7.11 Å².